The summed E-state index contributed by atoms with van der Waals surface area (Å²) in [4.78, 5) is 0.177. The molecule has 0 aliphatic rings. The summed E-state index contributed by atoms with van der Waals surface area (Å²) < 4.78 is 29.2. The van der Waals surface area contributed by atoms with Crippen molar-refractivity contribution >= 4 is 26.0 Å². The molecule has 0 fully saturated rings. The van der Waals surface area contributed by atoms with Crippen LogP contribution in [0.1, 0.15) is 11.3 Å². The zero-order valence-corrected chi connectivity index (χ0v) is 13.3. The van der Waals surface area contributed by atoms with Crippen molar-refractivity contribution in [3.63, 3.8) is 0 Å². The van der Waals surface area contributed by atoms with Crippen molar-refractivity contribution in [2.75, 3.05) is 0 Å². The molecule has 8 heteroatoms. The Labute approximate surface area is 126 Å². The van der Waals surface area contributed by atoms with Gasteiger partial charge in [0.05, 0.1) is 17.1 Å². The van der Waals surface area contributed by atoms with Gasteiger partial charge in [-0.25, -0.2) is 13.1 Å². The molecule has 0 spiro atoms. The van der Waals surface area contributed by atoms with Gasteiger partial charge in [0.25, 0.3) is 0 Å². The Morgan fingerprint density at radius 3 is 2.75 bits per heavy atom. The molecule has 6 nitrogen and oxygen atoms in total. The Kier molecular flexibility index (Phi) is 4.59. The molecule has 0 aliphatic carbocycles. The number of nitrogens with one attached hydrogen (secondary N) is 1. The van der Waals surface area contributed by atoms with Crippen LogP contribution < -0.4 is 10.5 Å². The first-order valence-electron chi connectivity index (χ1n) is 5.89. The zero-order chi connectivity index (χ0) is 14.8. The van der Waals surface area contributed by atoms with E-state index in [2.05, 4.69) is 25.8 Å². The van der Waals surface area contributed by atoms with E-state index in [0.717, 1.165) is 5.56 Å². The standard InChI is InChI=1S/C12H15BrN4O2S/c1-17-5-4-10(16-17)8-15-20(18,19)12-6-9(7-14)2-3-11(12)13/h2-6,15H,7-8,14H2,1H3. The molecule has 0 aliphatic heterocycles. The predicted octanol–water partition coefficient (Wildman–Crippen LogP) is 1.12. The van der Waals surface area contributed by atoms with Crippen LogP contribution in [0.2, 0.25) is 0 Å². The molecule has 20 heavy (non-hydrogen) atoms. The van der Waals surface area contributed by atoms with E-state index in [1.165, 1.54) is 0 Å². The van der Waals surface area contributed by atoms with Gasteiger partial charge in [0, 0.05) is 24.3 Å². The number of aromatic nitrogens is 2. The number of hydrogen-bond donors (Lipinski definition) is 2. The first-order chi connectivity index (χ1) is 9.42. The summed E-state index contributed by atoms with van der Waals surface area (Å²) in [6, 6.07) is 6.78. The molecule has 0 bridgehead atoms. The lowest BCUT2D eigenvalue weighted by molar-refractivity contribution is 0.579. The number of nitrogens with zero attached hydrogens (tertiary/aromatic N) is 2. The number of hydrogen-bond acceptors (Lipinski definition) is 4. The van der Waals surface area contributed by atoms with E-state index in [4.69, 9.17) is 5.73 Å². The van der Waals surface area contributed by atoms with Gasteiger partial charge >= 0.3 is 0 Å². The van der Waals surface area contributed by atoms with Crippen LogP contribution in [0, 0.1) is 0 Å². The van der Waals surface area contributed by atoms with Crippen molar-refractivity contribution in [1.29, 1.82) is 0 Å². The molecule has 1 heterocycles. The van der Waals surface area contributed by atoms with E-state index in [1.807, 2.05) is 0 Å². The van der Waals surface area contributed by atoms with E-state index in [9.17, 15) is 8.42 Å². The van der Waals surface area contributed by atoms with Gasteiger partial charge in [0.1, 0.15) is 0 Å². The van der Waals surface area contributed by atoms with Crippen molar-refractivity contribution < 1.29 is 8.42 Å². The fraction of sp³-hybridized carbons (Fsp3) is 0.250. The van der Waals surface area contributed by atoms with Crippen molar-refractivity contribution in [3.8, 4) is 0 Å². The third-order valence-electron chi connectivity index (χ3n) is 2.73. The Morgan fingerprint density at radius 1 is 1.40 bits per heavy atom. The SMILES string of the molecule is Cn1ccc(CNS(=O)(=O)c2cc(CN)ccc2Br)n1. The number of benzene rings is 1. The maximum Gasteiger partial charge on any atom is 0.242 e. The molecule has 0 amide bonds. The van der Waals surface area contributed by atoms with Crippen LogP contribution in [-0.4, -0.2) is 18.2 Å². The molecule has 0 atom stereocenters. The van der Waals surface area contributed by atoms with Crippen molar-refractivity contribution in [2.24, 2.45) is 12.8 Å². The van der Waals surface area contributed by atoms with Crippen LogP contribution in [0.4, 0.5) is 0 Å². The molecule has 0 unspecified atom stereocenters. The molecule has 0 saturated carbocycles. The molecular weight excluding hydrogens is 344 g/mol. The van der Waals surface area contributed by atoms with Gasteiger partial charge in [-0.15, -0.1) is 0 Å². The quantitative estimate of drug-likeness (QED) is 0.837. The van der Waals surface area contributed by atoms with Crippen molar-refractivity contribution in [1.82, 2.24) is 14.5 Å². The van der Waals surface area contributed by atoms with Crippen LogP contribution in [0.3, 0.4) is 0 Å². The first-order valence-corrected chi connectivity index (χ1v) is 8.16. The molecular formula is C12H15BrN4O2S. The molecule has 2 aromatic rings. The van der Waals surface area contributed by atoms with E-state index in [1.54, 1.807) is 42.2 Å². The number of aryl methyl sites for hydroxylation is 1. The minimum absolute atomic E-state index is 0.141. The molecule has 3 N–H and O–H groups in total. The van der Waals surface area contributed by atoms with Gasteiger partial charge in [-0.1, -0.05) is 6.07 Å². The number of rotatable bonds is 5. The minimum Gasteiger partial charge on any atom is -0.326 e. The average molecular weight is 359 g/mol. The summed E-state index contributed by atoms with van der Waals surface area (Å²) in [5.41, 5.74) is 6.95. The van der Waals surface area contributed by atoms with Crippen LogP contribution in [0.25, 0.3) is 0 Å². The lowest BCUT2D eigenvalue weighted by Gasteiger charge is -2.09. The largest absolute Gasteiger partial charge is 0.326 e. The highest BCUT2D eigenvalue weighted by atomic mass is 79.9. The van der Waals surface area contributed by atoms with E-state index >= 15 is 0 Å². The average Bonchev–Trinajstić information content (AvgIpc) is 2.83. The maximum absolute atomic E-state index is 12.3. The summed E-state index contributed by atoms with van der Waals surface area (Å²) in [6.07, 6.45) is 1.76. The lowest BCUT2D eigenvalue weighted by atomic mass is 10.2. The fourth-order valence-electron chi connectivity index (χ4n) is 1.68. The smallest absolute Gasteiger partial charge is 0.242 e. The minimum atomic E-state index is -3.61. The van der Waals surface area contributed by atoms with Crippen LogP contribution >= 0.6 is 15.9 Å². The lowest BCUT2D eigenvalue weighted by Crippen LogP contribution is -2.24. The Balaban J connectivity index is 2.21. The highest BCUT2D eigenvalue weighted by Crippen LogP contribution is 2.23. The molecule has 0 radical (unpaired) electrons. The fourth-order valence-corrected chi connectivity index (χ4v) is 3.70. The van der Waals surface area contributed by atoms with Gasteiger partial charge in [-0.05, 0) is 39.7 Å². The van der Waals surface area contributed by atoms with Gasteiger partial charge < -0.3 is 5.73 Å². The Bertz CT molecular complexity index is 712. The Morgan fingerprint density at radius 2 is 2.15 bits per heavy atom. The maximum atomic E-state index is 12.3. The van der Waals surface area contributed by atoms with E-state index < -0.39 is 10.0 Å². The number of sulfonamides is 1. The molecule has 2 rings (SSSR count). The topological polar surface area (TPSA) is 90.0 Å². The third-order valence-corrected chi connectivity index (χ3v) is 5.13. The Hall–Kier alpha value is -1.22. The van der Waals surface area contributed by atoms with Crippen LogP contribution in [-0.2, 0) is 30.2 Å². The summed E-state index contributed by atoms with van der Waals surface area (Å²) in [7, 11) is -1.84. The molecule has 1 aromatic carbocycles. The highest BCUT2D eigenvalue weighted by Gasteiger charge is 2.18. The summed E-state index contributed by atoms with van der Waals surface area (Å²) >= 11 is 3.25. The van der Waals surface area contributed by atoms with Gasteiger partial charge in [0.2, 0.25) is 10.0 Å². The summed E-state index contributed by atoms with van der Waals surface area (Å²) in [5.74, 6) is 0. The second kappa shape index (κ2) is 6.04. The second-order valence-corrected chi connectivity index (χ2v) is 6.86. The first kappa shape index (κ1) is 15.2. The highest BCUT2D eigenvalue weighted by molar-refractivity contribution is 9.10. The van der Waals surface area contributed by atoms with Crippen LogP contribution in [0.5, 0.6) is 0 Å². The summed E-state index contributed by atoms with van der Waals surface area (Å²) in [5, 5.41) is 4.12. The predicted molar refractivity (Wildman–Crippen MR) is 79.3 cm³/mol. The second-order valence-electron chi connectivity index (χ2n) is 4.27. The van der Waals surface area contributed by atoms with Crippen molar-refractivity contribution in [3.05, 3.63) is 46.2 Å². The van der Waals surface area contributed by atoms with Crippen molar-refractivity contribution in [2.45, 2.75) is 18.0 Å². The summed E-state index contributed by atoms with van der Waals surface area (Å²) in [6.45, 7) is 0.429. The van der Waals surface area contributed by atoms with E-state index in [0.29, 0.717) is 10.2 Å². The third kappa shape index (κ3) is 3.45. The van der Waals surface area contributed by atoms with E-state index in [-0.39, 0.29) is 18.0 Å². The molecule has 0 saturated heterocycles. The van der Waals surface area contributed by atoms with Gasteiger partial charge in [-0.2, -0.15) is 5.10 Å². The molecule has 108 valence electrons. The van der Waals surface area contributed by atoms with Gasteiger partial charge in [-0.3, -0.25) is 4.68 Å². The zero-order valence-electron chi connectivity index (χ0n) is 10.9. The van der Waals surface area contributed by atoms with Gasteiger partial charge in [0.15, 0.2) is 0 Å². The number of halogens is 1. The normalized spacial score (nSPS) is 11.8. The molecule has 1 aromatic heterocycles. The monoisotopic (exact) mass is 358 g/mol. The number of nitrogens with two attached hydrogens (primary N) is 1. The van der Waals surface area contributed by atoms with Crippen LogP contribution in [0.15, 0.2) is 39.8 Å².